The van der Waals surface area contributed by atoms with Crippen LogP contribution in [-0.2, 0) is 5.75 Å². The first-order valence-corrected chi connectivity index (χ1v) is 7.63. The van der Waals surface area contributed by atoms with Gasteiger partial charge in [0, 0.05) is 11.8 Å². The van der Waals surface area contributed by atoms with E-state index in [-0.39, 0.29) is 10.7 Å². The molecule has 0 aliphatic carbocycles. The van der Waals surface area contributed by atoms with Crippen LogP contribution in [-0.4, -0.2) is 14.6 Å². The maximum Gasteiger partial charge on any atom is 0.276 e. The Balaban J connectivity index is 1.86. The van der Waals surface area contributed by atoms with Gasteiger partial charge < -0.3 is 0 Å². The molecule has 3 aromatic rings. The van der Waals surface area contributed by atoms with E-state index in [9.17, 15) is 4.79 Å². The lowest BCUT2D eigenvalue weighted by Gasteiger charge is -1.96. The zero-order valence-corrected chi connectivity index (χ0v) is 12.0. The van der Waals surface area contributed by atoms with Crippen molar-refractivity contribution in [3.05, 3.63) is 57.5 Å². The van der Waals surface area contributed by atoms with Crippen LogP contribution in [0, 0.1) is 0 Å². The molecule has 0 radical (unpaired) electrons. The van der Waals surface area contributed by atoms with E-state index in [1.165, 1.54) is 27.5 Å². The monoisotopic (exact) mass is 309 g/mol. The van der Waals surface area contributed by atoms with Crippen LogP contribution in [0.25, 0.3) is 4.96 Å². The Kier molecular flexibility index (Phi) is 3.54. The number of nitrogens with zero attached hydrogens (tertiary/aromatic N) is 3. The van der Waals surface area contributed by atoms with Gasteiger partial charge in [-0.1, -0.05) is 65.0 Å². The van der Waals surface area contributed by atoms with Crippen LogP contribution in [0.1, 0.15) is 5.56 Å². The van der Waals surface area contributed by atoms with Crippen molar-refractivity contribution in [1.29, 1.82) is 0 Å². The van der Waals surface area contributed by atoms with Crippen LogP contribution in [0.15, 0.2) is 45.5 Å². The maximum atomic E-state index is 11.7. The van der Waals surface area contributed by atoms with Gasteiger partial charge in [-0.05, 0) is 5.56 Å². The van der Waals surface area contributed by atoms with Crippen LogP contribution in [0.5, 0.6) is 0 Å². The number of benzene rings is 1. The summed E-state index contributed by atoms with van der Waals surface area (Å²) >= 11 is 8.70. The Bertz CT molecular complexity index is 769. The first-order chi connectivity index (χ1) is 9.22. The summed E-state index contributed by atoms with van der Waals surface area (Å²) in [5.41, 5.74) is 0.961. The van der Waals surface area contributed by atoms with Crippen molar-refractivity contribution in [1.82, 2.24) is 14.6 Å². The average molecular weight is 310 g/mol. The lowest BCUT2D eigenvalue weighted by Crippen LogP contribution is -2.13. The quantitative estimate of drug-likeness (QED) is 0.551. The van der Waals surface area contributed by atoms with Gasteiger partial charge in [-0.3, -0.25) is 4.79 Å². The Hall–Kier alpha value is -1.37. The predicted octanol–water partition coefficient (Wildman–Crippen LogP) is 3.10. The largest absolute Gasteiger partial charge is 0.276 e. The Labute approximate surface area is 122 Å². The normalized spacial score (nSPS) is 11.0. The number of rotatable bonds is 3. The molecular weight excluding hydrogens is 302 g/mol. The summed E-state index contributed by atoms with van der Waals surface area (Å²) in [5, 5.41) is 4.44. The number of fused-ring (bicyclic) bond motifs is 1. The molecule has 0 N–H and O–H groups in total. The van der Waals surface area contributed by atoms with Crippen LogP contribution in [0.3, 0.4) is 0 Å². The number of hydrogen-bond acceptors (Lipinski definition) is 5. The molecule has 0 unspecified atom stereocenters. The van der Waals surface area contributed by atoms with Gasteiger partial charge in [0.1, 0.15) is 5.15 Å². The molecular formula is C12H8ClN3OS2. The number of aromatic nitrogens is 3. The third-order valence-corrected chi connectivity index (χ3v) is 4.71. The second kappa shape index (κ2) is 5.32. The van der Waals surface area contributed by atoms with E-state index in [2.05, 4.69) is 22.2 Å². The molecule has 0 amide bonds. The molecule has 96 valence electrons. The van der Waals surface area contributed by atoms with Crippen LogP contribution >= 0.6 is 34.7 Å². The molecule has 2 aromatic heterocycles. The third kappa shape index (κ3) is 2.80. The molecule has 0 spiro atoms. The number of hydrogen-bond donors (Lipinski definition) is 0. The predicted molar refractivity (Wildman–Crippen MR) is 78.1 cm³/mol. The van der Waals surface area contributed by atoms with E-state index in [1.807, 2.05) is 18.2 Å². The van der Waals surface area contributed by atoms with Crippen LogP contribution < -0.4 is 5.56 Å². The highest BCUT2D eigenvalue weighted by atomic mass is 35.5. The van der Waals surface area contributed by atoms with Gasteiger partial charge >= 0.3 is 0 Å². The lowest BCUT2D eigenvalue weighted by atomic mass is 10.2. The highest BCUT2D eigenvalue weighted by Gasteiger charge is 2.08. The minimum atomic E-state index is -0.252. The van der Waals surface area contributed by atoms with Crippen molar-refractivity contribution < 1.29 is 0 Å². The fourth-order valence-electron chi connectivity index (χ4n) is 1.54. The van der Waals surface area contributed by atoms with Crippen molar-refractivity contribution in [2.45, 2.75) is 10.1 Å². The standard InChI is InChI=1S/C12H8ClN3OS2/c13-9-6-10(17)16-11(14-9)19-12(15-16)18-7-8-4-2-1-3-5-8/h1-6H,7H2. The second-order valence-electron chi connectivity index (χ2n) is 3.75. The van der Waals surface area contributed by atoms with Gasteiger partial charge in [-0.25, -0.2) is 4.98 Å². The number of thioether (sulfide) groups is 1. The molecule has 0 bridgehead atoms. The molecule has 0 aliphatic rings. The van der Waals surface area contributed by atoms with Gasteiger partial charge in [0.2, 0.25) is 4.96 Å². The SMILES string of the molecule is O=c1cc(Cl)nc2sc(SCc3ccccc3)nn12. The van der Waals surface area contributed by atoms with E-state index in [1.54, 1.807) is 11.8 Å². The second-order valence-corrected chi connectivity index (χ2v) is 6.32. The lowest BCUT2D eigenvalue weighted by molar-refractivity contribution is 0.857. The van der Waals surface area contributed by atoms with Crippen molar-refractivity contribution >= 4 is 39.7 Å². The van der Waals surface area contributed by atoms with E-state index in [0.717, 1.165) is 10.1 Å². The van der Waals surface area contributed by atoms with Crippen molar-refractivity contribution in [2.24, 2.45) is 0 Å². The molecule has 4 nitrogen and oxygen atoms in total. The summed E-state index contributed by atoms with van der Waals surface area (Å²) in [6.07, 6.45) is 0. The smallest absolute Gasteiger partial charge is 0.267 e. The van der Waals surface area contributed by atoms with Gasteiger partial charge in [-0.2, -0.15) is 4.52 Å². The molecule has 2 heterocycles. The van der Waals surface area contributed by atoms with E-state index in [0.29, 0.717) is 4.96 Å². The average Bonchev–Trinajstić information content (AvgIpc) is 2.81. The topological polar surface area (TPSA) is 47.3 Å². The molecule has 7 heteroatoms. The summed E-state index contributed by atoms with van der Waals surface area (Å²) in [5.74, 6) is 0.809. The zero-order chi connectivity index (χ0) is 13.2. The first-order valence-electron chi connectivity index (χ1n) is 5.45. The van der Waals surface area contributed by atoms with Crippen molar-refractivity contribution in [3.63, 3.8) is 0 Å². The number of halogens is 1. The summed E-state index contributed by atoms with van der Waals surface area (Å²) in [6.45, 7) is 0. The zero-order valence-electron chi connectivity index (χ0n) is 9.62. The highest BCUT2D eigenvalue weighted by molar-refractivity contribution is 8.00. The summed E-state index contributed by atoms with van der Waals surface area (Å²) in [7, 11) is 0. The molecule has 0 saturated heterocycles. The van der Waals surface area contributed by atoms with Gasteiger partial charge in [-0.15, -0.1) is 5.10 Å². The van der Waals surface area contributed by atoms with E-state index >= 15 is 0 Å². The molecule has 0 saturated carbocycles. The summed E-state index contributed by atoms with van der Waals surface area (Å²) in [4.78, 5) is 16.3. The third-order valence-electron chi connectivity index (χ3n) is 2.40. The van der Waals surface area contributed by atoms with Gasteiger partial charge in [0.05, 0.1) is 0 Å². The fraction of sp³-hybridized carbons (Fsp3) is 0.0833. The Morgan fingerprint density at radius 1 is 1.32 bits per heavy atom. The maximum absolute atomic E-state index is 11.7. The Morgan fingerprint density at radius 3 is 2.89 bits per heavy atom. The first kappa shape index (κ1) is 12.7. The summed E-state index contributed by atoms with van der Waals surface area (Å²) < 4.78 is 2.08. The molecule has 0 fully saturated rings. The molecule has 0 aliphatic heterocycles. The van der Waals surface area contributed by atoms with Crippen molar-refractivity contribution in [3.8, 4) is 0 Å². The van der Waals surface area contributed by atoms with Gasteiger partial charge in [0.15, 0.2) is 4.34 Å². The van der Waals surface area contributed by atoms with Gasteiger partial charge in [0.25, 0.3) is 5.56 Å². The minimum Gasteiger partial charge on any atom is -0.267 e. The van der Waals surface area contributed by atoms with E-state index < -0.39 is 0 Å². The van der Waals surface area contributed by atoms with E-state index in [4.69, 9.17) is 11.6 Å². The highest BCUT2D eigenvalue weighted by Crippen LogP contribution is 2.26. The Morgan fingerprint density at radius 2 is 2.11 bits per heavy atom. The van der Waals surface area contributed by atoms with Crippen LogP contribution in [0.2, 0.25) is 5.15 Å². The van der Waals surface area contributed by atoms with Crippen LogP contribution in [0.4, 0.5) is 0 Å². The molecule has 3 rings (SSSR count). The molecule has 19 heavy (non-hydrogen) atoms. The molecule has 0 atom stereocenters. The fourth-order valence-corrected chi connectivity index (χ4v) is 3.67. The minimum absolute atomic E-state index is 0.202. The summed E-state index contributed by atoms with van der Waals surface area (Å²) in [6, 6.07) is 11.4. The molecule has 1 aromatic carbocycles. The van der Waals surface area contributed by atoms with Crippen molar-refractivity contribution in [2.75, 3.05) is 0 Å².